The molecule has 2 rings (SSSR count). The highest BCUT2D eigenvalue weighted by atomic mass is 79.9. The molecule has 0 amide bonds. The summed E-state index contributed by atoms with van der Waals surface area (Å²) in [4.78, 5) is 15.9. The lowest BCUT2D eigenvalue weighted by Gasteiger charge is -1.99. The lowest BCUT2D eigenvalue weighted by atomic mass is 10.2. The van der Waals surface area contributed by atoms with E-state index in [4.69, 9.17) is 0 Å². The van der Waals surface area contributed by atoms with Crippen molar-refractivity contribution in [3.05, 3.63) is 45.9 Å². The molecule has 0 aliphatic carbocycles. The average Bonchev–Trinajstić information content (AvgIpc) is 2.80. The number of hydrogen-bond acceptors (Lipinski definition) is 4. The highest BCUT2D eigenvalue weighted by molar-refractivity contribution is 9.10. The zero-order valence-corrected chi connectivity index (χ0v) is 11.4. The SMILES string of the molecule is O=C(CSc1nccs1)c1ccc(Br)cc1. The van der Waals surface area contributed by atoms with E-state index in [2.05, 4.69) is 20.9 Å². The minimum absolute atomic E-state index is 0.132. The summed E-state index contributed by atoms with van der Waals surface area (Å²) in [7, 11) is 0. The van der Waals surface area contributed by atoms with Crippen LogP contribution in [0, 0.1) is 0 Å². The van der Waals surface area contributed by atoms with Gasteiger partial charge in [0.1, 0.15) is 4.34 Å². The van der Waals surface area contributed by atoms with Crippen molar-refractivity contribution in [2.45, 2.75) is 4.34 Å². The van der Waals surface area contributed by atoms with Gasteiger partial charge in [-0.1, -0.05) is 39.8 Å². The molecule has 2 nitrogen and oxygen atoms in total. The predicted molar refractivity (Wildman–Crippen MR) is 71.3 cm³/mol. The molecule has 0 bridgehead atoms. The second-order valence-electron chi connectivity index (χ2n) is 3.02. The van der Waals surface area contributed by atoms with Crippen LogP contribution in [0.1, 0.15) is 10.4 Å². The van der Waals surface area contributed by atoms with Gasteiger partial charge < -0.3 is 0 Å². The molecular weight excluding hydrogens is 306 g/mol. The van der Waals surface area contributed by atoms with Crippen molar-refractivity contribution in [2.75, 3.05) is 5.75 Å². The summed E-state index contributed by atoms with van der Waals surface area (Å²) in [5, 5.41) is 1.91. The molecule has 82 valence electrons. The summed E-state index contributed by atoms with van der Waals surface area (Å²) in [5.74, 6) is 0.572. The average molecular weight is 314 g/mol. The first kappa shape index (κ1) is 11.8. The van der Waals surface area contributed by atoms with E-state index in [1.165, 1.54) is 11.8 Å². The quantitative estimate of drug-likeness (QED) is 0.634. The summed E-state index contributed by atoms with van der Waals surface area (Å²) in [6.45, 7) is 0. The smallest absolute Gasteiger partial charge is 0.173 e. The summed E-state index contributed by atoms with van der Waals surface area (Å²) in [6.07, 6.45) is 1.75. The summed E-state index contributed by atoms with van der Waals surface area (Å²) >= 11 is 6.38. The van der Waals surface area contributed by atoms with Crippen molar-refractivity contribution in [2.24, 2.45) is 0 Å². The molecule has 1 aromatic heterocycles. The van der Waals surface area contributed by atoms with Gasteiger partial charge in [-0.15, -0.1) is 11.3 Å². The summed E-state index contributed by atoms with van der Waals surface area (Å²) < 4.78 is 1.92. The lowest BCUT2D eigenvalue weighted by Crippen LogP contribution is -2.01. The molecule has 2 aromatic rings. The van der Waals surface area contributed by atoms with Crippen LogP contribution in [0.25, 0.3) is 0 Å². The third kappa shape index (κ3) is 3.17. The number of carbonyl (C=O) groups excluding carboxylic acids is 1. The van der Waals surface area contributed by atoms with Gasteiger partial charge in [-0.3, -0.25) is 4.79 Å². The molecule has 0 aliphatic rings. The number of rotatable bonds is 4. The Morgan fingerprint density at radius 2 is 2.12 bits per heavy atom. The number of halogens is 1. The maximum atomic E-state index is 11.8. The van der Waals surface area contributed by atoms with Crippen molar-refractivity contribution >= 4 is 44.8 Å². The van der Waals surface area contributed by atoms with Crippen LogP contribution in [0.15, 0.2) is 44.7 Å². The molecule has 0 saturated heterocycles. The molecule has 0 N–H and O–H groups in total. The lowest BCUT2D eigenvalue weighted by molar-refractivity contribution is 0.102. The predicted octanol–water partition coefficient (Wildman–Crippen LogP) is 3.88. The van der Waals surface area contributed by atoms with Gasteiger partial charge in [0.15, 0.2) is 5.78 Å². The number of Topliss-reactive ketones (excluding diaryl/α,β-unsaturated/α-hetero) is 1. The van der Waals surface area contributed by atoms with Crippen molar-refractivity contribution in [3.8, 4) is 0 Å². The molecule has 0 saturated carbocycles. The van der Waals surface area contributed by atoms with E-state index in [1.807, 2.05) is 29.6 Å². The molecule has 5 heteroatoms. The van der Waals surface area contributed by atoms with Gasteiger partial charge in [0.2, 0.25) is 0 Å². The van der Waals surface area contributed by atoms with Crippen LogP contribution in [0.5, 0.6) is 0 Å². The van der Waals surface area contributed by atoms with Gasteiger partial charge in [-0.25, -0.2) is 4.98 Å². The Morgan fingerprint density at radius 1 is 1.38 bits per heavy atom. The van der Waals surface area contributed by atoms with Gasteiger partial charge in [-0.05, 0) is 12.1 Å². The second-order valence-corrected chi connectivity index (χ2v) is 6.05. The monoisotopic (exact) mass is 313 g/mol. The Labute approximate surface area is 110 Å². The highest BCUT2D eigenvalue weighted by Gasteiger charge is 2.07. The van der Waals surface area contributed by atoms with Gasteiger partial charge in [-0.2, -0.15) is 0 Å². The fourth-order valence-corrected chi connectivity index (χ4v) is 2.92. The first-order valence-electron chi connectivity index (χ1n) is 4.57. The van der Waals surface area contributed by atoms with Crippen LogP contribution < -0.4 is 0 Å². The van der Waals surface area contributed by atoms with E-state index in [0.29, 0.717) is 5.75 Å². The molecule has 16 heavy (non-hydrogen) atoms. The van der Waals surface area contributed by atoms with Crippen molar-refractivity contribution in [1.29, 1.82) is 0 Å². The zero-order valence-electron chi connectivity index (χ0n) is 8.22. The molecule has 0 unspecified atom stereocenters. The van der Waals surface area contributed by atoms with E-state index in [-0.39, 0.29) is 5.78 Å². The molecular formula is C11H8BrNOS2. The minimum atomic E-state index is 0.132. The largest absolute Gasteiger partial charge is 0.293 e. The number of aromatic nitrogens is 1. The van der Waals surface area contributed by atoms with Crippen LogP contribution in [-0.2, 0) is 0 Å². The molecule has 0 radical (unpaired) electrons. The number of thiazole rings is 1. The Kier molecular flexibility index (Phi) is 4.15. The van der Waals surface area contributed by atoms with E-state index in [1.54, 1.807) is 17.5 Å². The zero-order chi connectivity index (χ0) is 11.4. The highest BCUT2D eigenvalue weighted by Crippen LogP contribution is 2.21. The third-order valence-corrected chi connectivity index (χ3v) is 4.40. The number of hydrogen-bond donors (Lipinski definition) is 0. The van der Waals surface area contributed by atoms with Gasteiger partial charge >= 0.3 is 0 Å². The Balaban J connectivity index is 1.95. The summed E-state index contributed by atoms with van der Waals surface area (Å²) in [5.41, 5.74) is 0.743. The molecule has 0 aliphatic heterocycles. The Hall–Kier alpha value is -0.650. The first-order valence-corrected chi connectivity index (χ1v) is 7.22. The van der Waals surface area contributed by atoms with E-state index < -0.39 is 0 Å². The van der Waals surface area contributed by atoms with Crippen molar-refractivity contribution in [1.82, 2.24) is 4.98 Å². The van der Waals surface area contributed by atoms with E-state index >= 15 is 0 Å². The Bertz CT molecular complexity index is 467. The number of ketones is 1. The van der Waals surface area contributed by atoms with Gasteiger partial charge in [0.05, 0.1) is 5.75 Å². The molecule has 1 heterocycles. The first-order chi connectivity index (χ1) is 7.75. The van der Waals surface area contributed by atoms with Gasteiger partial charge in [0.25, 0.3) is 0 Å². The number of nitrogens with zero attached hydrogens (tertiary/aromatic N) is 1. The number of thioether (sulfide) groups is 1. The van der Waals surface area contributed by atoms with Gasteiger partial charge in [0, 0.05) is 21.6 Å². The van der Waals surface area contributed by atoms with Crippen LogP contribution in [0.3, 0.4) is 0 Å². The van der Waals surface area contributed by atoms with Crippen LogP contribution in [-0.4, -0.2) is 16.5 Å². The molecule has 1 aromatic carbocycles. The van der Waals surface area contributed by atoms with Crippen LogP contribution in [0.4, 0.5) is 0 Å². The molecule has 0 spiro atoms. The third-order valence-electron chi connectivity index (χ3n) is 1.90. The fourth-order valence-electron chi connectivity index (χ4n) is 1.13. The normalized spacial score (nSPS) is 10.3. The van der Waals surface area contributed by atoms with Crippen molar-refractivity contribution in [3.63, 3.8) is 0 Å². The number of carbonyl (C=O) groups is 1. The maximum Gasteiger partial charge on any atom is 0.173 e. The number of benzene rings is 1. The summed E-state index contributed by atoms with van der Waals surface area (Å²) in [6, 6.07) is 7.41. The van der Waals surface area contributed by atoms with Crippen LogP contribution >= 0.6 is 39.0 Å². The minimum Gasteiger partial charge on any atom is -0.293 e. The van der Waals surface area contributed by atoms with E-state index in [0.717, 1.165) is 14.4 Å². The maximum absolute atomic E-state index is 11.8. The molecule has 0 fully saturated rings. The topological polar surface area (TPSA) is 30.0 Å². The fraction of sp³-hybridized carbons (Fsp3) is 0.0909. The van der Waals surface area contributed by atoms with E-state index in [9.17, 15) is 4.79 Å². The standard InChI is InChI=1S/C11H8BrNOS2/c12-9-3-1-8(2-4-9)10(14)7-16-11-13-5-6-15-11/h1-6H,7H2. The van der Waals surface area contributed by atoms with Crippen LogP contribution in [0.2, 0.25) is 0 Å². The second kappa shape index (κ2) is 5.61. The Morgan fingerprint density at radius 3 is 2.75 bits per heavy atom. The molecule has 0 atom stereocenters. The van der Waals surface area contributed by atoms with Crippen molar-refractivity contribution < 1.29 is 4.79 Å².